The first-order valence-corrected chi connectivity index (χ1v) is 13.6. The number of benzene rings is 3. The summed E-state index contributed by atoms with van der Waals surface area (Å²) in [4.78, 5) is 42.3. The first-order valence-electron chi connectivity index (χ1n) is 12.8. The van der Waals surface area contributed by atoms with Gasteiger partial charge in [-0.05, 0) is 111 Å². The van der Waals surface area contributed by atoms with Gasteiger partial charge in [-0.25, -0.2) is 4.79 Å². The van der Waals surface area contributed by atoms with Crippen molar-refractivity contribution in [2.75, 3.05) is 9.80 Å². The van der Waals surface area contributed by atoms with Gasteiger partial charge in [-0.2, -0.15) is 0 Å². The molecule has 5 rings (SSSR count). The van der Waals surface area contributed by atoms with Gasteiger partial charge in [-0.15, -0.1) is 0 Å². The zero-order chi connectivity index (χ0) is 29.6. The van der Waals surface area contributed by atoms with E-state index in [4.69, 9.17) is 23.8 Å². The van der Waals surface area contributed by atoms with Crippen LogP contribution in [0.15, 0.2) is 78.4 Å². The van der Waals surface area contributed by atoms with E-state index >= 15 is 0 Å². The predicted molar refractivity (Wildman–Crippen MR) is 165 cm³/mol. The van der Waals surface area contributed by atoms with E-state index in [1.807, 2.05) is 62.6 Å². The summed E-state index contributed by atoms with van der Waals surface area (Å²) in [5, 5.41) is 9.75. The maximum Gasteiger partial charge on any atom is 0.337 e. The average molecular weight is 584 g/mol. The summed E-state index contributed by atoms with van der Waals surface area (Å²) in [5.41, 5.74) is 5.81. The van der Waals surface area contributed by atoms with E-state index in [1.165, 1.54) is 21.9 Å². The number of carboxylic acid groups (broad SMARTS) is 1. The third-order valence-corrected chi connectivity index (χ3v) is 7.92. The molecule has 0 aliphatic carbocycles. The number of amides is 2. The maximum atomic E-state index is 14.0. The van der Waals surface area contributed by atoms with E-state index in [-0.39, 0.29) is 21.3 Å². The summed E-state index contributed by atoms with van der Waals surface area (Å²) in [6, 6.07) is 21.2. The molecule has 1 fully saturated rings. The molecule has 0 saturated carbocycles. The summed E-state index contributed by atoms with van der Waals surface area (Å²) >= 11 is 11.8. The van der Waals surface area contributed by atoms with Gasteiger partial charge in [0.25, 0.3) is 11.8 Å². The number of hydrogen-bond acceptors (Lipinski definition) is 4. The molecular weight excluding hydrogens is 558 g/mol. The van der Waals surface area contributed by atoms with Crippen LogP contribution in [0.25, 0.3) is 11.8 Å². The van der Waals surface area contributed by atoms with Gasteiger partial charge in [0.15, 0.2) is 5.11 Å². The number of thiocarbonyl (C=S) groups is 1. The van der Waals surface area contributed by atoms with Crippen LogP contribution in [0.3, 0.4) is 0 Å². The second-order valence-corrected chi connectivity index (χ2v) is 10.6. The van der Waals surface area contributed by atoms with E-state index in [0.717, 1.165) is 16.8 Å². The average Bonchev–Trinajstić information content (AvgIpc) is 3.21. The summed E-state index contributed by atoms with van der Waals surface area (Å²) in [5.74, 6) is -2.20. The Morgan fingerprint density at radius 2 is 1.44 bits per heavy atom. The van der Waals surface area contributed by atoms with Crippen LogP contribution < -0.4 is 9.80 Å². The Balaban J connectivity index is 1.66. The number of aromatic nitrogens is 1. The lowest BCUT2D eigenvalue weighted by Crippen LogP contribution is -2.57. The molecule has 0 bridgehead atoms. The molecule has 0 spiro atoms. The molecule has 7 nitrogen and oxygen atoms in total. The highest BCUT2D eigenvalue weighted by Gasteiger charge is 2.41. The van der Waals surface area contributed by atoms with Crippen molar-refractivity contribution >= 4 is 64.2 Å². The van der Waals surface area contributed by atoms with Crippen molar-refractivity contribution in [3.05, 3.63) is 117 Å². The number of nitrogens with zero attached hydrogens (tertiary/aromatic N) is 3. The molecule has 3 aromatic carbocycles. The Labute approximate surface area is 247 Å². The molecule has 1 N–H and O–H groups in total. The fourth-order valence-corrected chi connectivity index (χ4v) is 5.50. The highest BCUT2D eigenvalue weighted by atomic mass is 35.5. The lowest BCUT2D eigenvalue weighted by molar-refractivity contribution is -0.120. The standard InChI is InChI=1S/C32H26ClN3O4S/c1-18-10-11-24(14-19(18)2)36-30(38)27(29(37)35(32(36)41)23-8-6-5-7-9-23)16-22-15-20(3)34(21(22)4)25-12-13-28(33)26(17-25)31(39)40/h5-17H,1-4H3,(H,39,40)/b27-16-. The molecule has 41 heavy (non-hydrogen) atoms. The second kappa shape index (κ2) is 10.8. The predicted octanol–water partition coefficient (Wildman–Crippen LogP) is 6.81. The topological polar surface area (TPSA) is 82.9 Å². The van der Waals surface area contributed by atoms with Gasteiger partial charge in [0, 0.05) is 17.1 Å². The van der Waals surface area contributed by atoms with Crippen molar-refractivity contribution in [1.82, 2.24) is 4.57 Å². The number of carbonyl (C=O) groups is 3. The minimum Gasteiger partial charge on any atom is -0.478 e. The maximum absolute atomic E-state index is 14.0. The molecule has 206 valence electrons. The van der Waals surface area contributed by atoms with Gasteiger partial charge < -0.3 is 9.67 Å². The van der Waals surface area contributed by atoms with Crippen LogP contribution in [-0.2, 0) is 9.59 Å². The van der Waals surface area contributed by atoms with Crippen LogP contribution in [0.4, 0.5) is 11.4 Å². The molecule has 1 saturated heterocycles. The van der Waals surface area contributed by atoms with E-state index in [2.05, 4.69) is 0 Å². The van der Waals surface area contributed by atoms with E-state index in [9.17, 15) is 19.5 Å². The van der Waals surface area contributed by atoms with Gasteiger partial charge in [-0.1, -0.05) is 35.9 Å². The second-order valence-electron chi connectivity index (χ2n) is 9.86. The smallest absolute Gasteiger partial charge is 0.337 e. The first kappa shape index (κ1) is 28.0. The molecule has 4 aromatic rings. The number of halogens is 1. The third kappa shape index (κ3) is 4.96. The van der Waals surface area contributed by atoms with Crippen LogP contribution in [0.5, 0.6) is 0 Å². The van der Waals surface area contributed by atoms with E-state index < -0.39 is 17.8 Å². The normalized spacial score (nSPS) is 14.8. The molecule has 1 aromatic heterocycles. The molecular formula is C32H26ClN3O4S. The number of carbonyl (C=O) groups excluding carboxylic acids is 2. The van der Waals surface area contributed by atoms with Crippen molar-refractivity contribution in [3.63, 3.8) is 0 Å². The minimum absolute atomic E-state index is 0.0229. The van der Waals surface area contributed by atoms with Crippen molar-refractivity contribution in [2.24, 2.45) is 0 Å². The van der Waals surface area contributed by atoms with Crippen molar-refractivity contribution < 1.29 is 19.5 Å². The lowest BCUT2D eigenvalue weighted by atomic mass is 10.0. The number of aryl methyl sites for hydroxylation is 3. The number of carboxylic acids is 1. The Bertz CT molecular complexity index is 1790. The van der Waals surface area contributed by atoms with Crippen LogP contribution in [-0.4, -0.2) is 32.6 Å². The summed E-state index contributed by atoms with van der Waals surface area (Å²) < 4.78 is 1.85. The highest BCUT2D eigenvalue weighted by molar-refractivity contribution is 7.81. The number of aromatic carboxylic acids is 1. The van der Waals surface area contributed by atoms with Crippen LogP contribution in [0.2, 0.25) is 5.02 Å². The molecule has 0 radical (unpaired) electrons. The van der Waals surface area contributed by atoms with E-state index in [1.54, 1.807) is 36.4 Å². The van der Waals surface area contributed by atoms with Gasteiger partial charge in [0.2, 0.25) is 0 Å². The number of hydrogen-bond donors (Lipinski definition) is 1. The molecule has 1 aliphatic heterocycles. The Hall–Kier alpha value is -4.53. The molecule has 1 aliphatic rings. The number of rotatable bonds is 5. The SMILES string of the molecule is Cc1ccc(N2C(=O)/C(=C\c3cc(C)n(-c4ccc(Cl)c(C(=O)O)c4)c3C)C(=O)N(c3ccccc3)C2=S)cc1C. The van der Waals surface area contributed by atoms with Gasteiger partial charge in [-0.3, -0.25) is 19.4 Å². The summed E-state index contributed by atoms with van der Waals surface area (Å²) in [6.07, 6.45) is 1.57. The van der Waals surface area contributed by atoms with E-state index in [0.29, 0.717) is 28.3 Å². The van der Waals surface area contributed by atoms with Crippen molar-refractivity contribution in [1.29, 1.82) is 0 Å². The molecule has 0 unspecified atom stereocenters. The highest BCUT2D eigenvalue weighted by Crippen LogP contribution is 2.32. The number of anilines is 2. The Morgan fingerprint density at radius 1 is 0.805 bits per heavy atom. The molecule has 2 amide bonds. The molecule has 9 heteroatoms. The monoisotopic (exact) mass is 583 g/mol. The van der Waals surface area contributed by atoms with Crippen molar-refractivity contribution in [2.45, 2.75) is 27.7 Å². The Morgan fingerprint density at radius 3 is 2.07 bits per heavy atom. The first-order chi connectivity index (χ1) is 19.5. The minimum atomic E-state index is -1.14. The van der Waals surface area contributed by atoms with Crippen LogP contribution in [0, 0.1) is 27.7 Å². The summed E-state index contributed by atoms with van der Waals surface area (Å²) in [7, 11) is 0. The van der Waals surface area contributed by atoms with Crippen LogP contribution >= 0.6 is 23.8 Å². The fraction of sp³-hybridized carbons (Fsp3) is 0.125. The Kier molecular flexibility index (Phi) is 7.38. The van der Waals surface area contributed by atoms with Gasteiger partial charge >= 0.3 is 5.97 Å². The third-order valence-electron chi connectivity index (χ3n) is 7.22. The molecule has 2 heterocycles. The number of para-hydroxylation sites is 1. The van der Waals surface area contributed by atoms with Crippen LogP contribution in [0.1, 0.15) is 38.4 Å². The zero-order valence-electron chi connectivity index (χ0n) is 22.8. The largest absolute Gasteiger partial charge is 0.478 e. The quantitative estimate of drug-likeness (QED) is 0.158. The van der Waals surface area contributed by atoms with Gasteiger partial charge in [0.05, 0.1) is 22.0 Å². The molecule has 0 atom stereocenters. The van der Waals surface area contributed by atoms with Crippen molar-refractivity contribution in [3.8, 4) is 5.69 Å². The zero-order valence-corrected chi connectivity index (χ0v) is 24.4. The lowest BCUT2D eigenvalue weighted by Gasteiger charge is -2.36. The van der Waals surface area contributed by atoms with Gasteiger partial charge in [0.1, 0.15) is 5.57 Å². The fourth-order valence-electron chi connectivity index (χ4n) is 4.93. The summed E-state index contributed by atoms with van der Waals surface area (Å²) in [6.45, 7) is 7.64.